The number of para-hydroxylation sites is 1. The maximum Gasteiger partial charge on any atom is 0.244 e. The van der Waals surface area contributed by atoms with E-state index in [9.17, 15) is 4.79 Å². The summed E-state index contributed by atoms with van der Waals surface area (Å²) in [5.74, 6) is -0.107. The average molecular weight is 394 g/mol. The van der Waals surface area contributed by atoms with Gasteiger partial charge in [-0.15, -0.1) is 11.3 Å². The Balaban J connectivity index is 1.39. The molecule has 2 aromatic heterocycles. The molecule has 4 rings (SSSR count). The fraction of sp³-hybridized carbons (Fsp3) is 0.273. The number of morpholine rings is 1. The molecule has 1 aliphatic heterocycles. The fourth-order valence-corrected chi connectivity index (χ4v) is 4.23. The van der Waals surface area contributed by atoms with E-state index in [-0.39, 0.29) is 11.9 Å². The van der Waals surface area contributed by atoms with Gasteiger partial charge in [0.1, 0.15) is 0 Å². The molecule has 0 aliphatic carbocycles. The van der Waals surface area contributed by atoms with Gasteiger partial charge in [0.2, 0.25) is 5.91 Å². The third-order valence-electron chi connectivity index (χ3n) is 4.85. The first-order chi connectivity index (χ1) is 13.8. The molecule has 0 radical (unpaired) electrons. The van der Waals surface area contributed by atoms with Crippen LogP contribution in [0.1, 0.15) is 16.6 Å². The molecule has 1 amide bonds. The number of ether oxygens (including phenoxy) is 1. The Hall–Kier alpha value is -2.54. The van der Waals surface area contributed by atoms with Gasteiger partial charge in [0, 0.05) is 36.0 Å². The Kier molecular flexibility index (Phi) is 6.11. The van der Waals surface area contributed by atoms with Crippen LogP contribution in [0.5, 0.6) is 0 Å². The topological polar surface area (TPSA) is 54.5 Å². The normalized spacial score (nSPS) is 16.4. The molecule has 5 nitrogen and oxygen atoms in total. The van der Waals surface area contributed by atoms with E-state index in [4.69, 9.17) is 4.74 Å². The monoisotopic (exact) mass is 393 g/mol. The summed E-state index contributed by atoms with van der Waals surface area (Å²) >= 11 is 1.73. The third-order valence-corrected chi connectivity index (χ3v) is 5.83. The Bertz CT molecular complexity index is 949. The standard InChI is InChI=1S/C22H23N3O2S/c26-22(10-9-18-8-7-17-4-1-2-5-19(17)24-18)23-16-20(21-6-3-15-28-21)25-11-13-27-14-12-25/h1-10,15,20H,11-14,16H2,(H,23,26). The molecule has 0 bridgehead atoms. The van der Waals surface area contributed by atoms with E-state index in [1.54, 1.807) is 23.5 Å². The molecular formula is C22H23N3O2S. The number of carbonyl (C=O) groups is 1. The van der Waals surface area contributed by atoms with Crippen molar-refractivity contribution in [1.29, 1.82) is 0 Å². The molecule has 1 fully saturated rings. The smallest absolute Gasteiger partial charge is 0.244 e. The molecule has 1 aromatic carbocycles. The van der Waals surface area contributed by atoms with Crippen LogP contribution in [0.3, 0.4) is 0 Å². The Morgan fingerprint density at radius 3 is 2.86 bits per heavy atom. The van der Waals surface area contributed by atoms with Crippen molar-refractivity contribution in [2.75, 3.05) is 32.8 Å². The van der Waals surface area contributed by atoms with E-state index in [0.717, 1.165) is 42.9 Å². The van der Waals surface area contributed by atoms with Crippen molar-refractivity contribution in [2.45, 2.75) is 6.04 Å². The molecule has 1 aliphatic rings. The highest BCUT2D eigenvalue weighted by Gasteiger charge is 2.23. The molecule has 1 atom stereocenters. The zero-order valence-electron chi connectivity index (χ0n) is 15.6. The largest absolute Gasteiger partial charge is 0.379 e. The van der Waals surface area contributed by atoms with E-state index >= 15 is 0 Å². The van der Waals surface area contributed by atoms with Gasteiger partial charge in [-0.2, -0.15) is 0 Å². The summed E-state index contributed by atoms with van der Waals surface area (Å²) in [4.78, 5) is 20.6. The first kappa shape index (κ1) is 18.8. The van der Waals surface area contributed by atoms with E-state index < -0.39 is 0 Å². The Morgan fingerprint density at radius 2 is 2.04 bits per heavy atom. The first-order valence-corrected chi connectivity index (χ1v) is 10.3. The highest BCUT2D eigenvalue weighted by Crippen LogP contribution is 2.25. The summed E-state index contributed by atoms with van der Waals surface area (Å²) < 4.78 is 5.47. The number of hydrogen-bond acceptors (Lipinski definition) is 5. The number of nitrogens with zero attached hydrogens (tertiary/aromatic N) is 2. The summed E-state index contributed by atoms with van der Waals surface area (Å²) in [6.45, 7) is 3.83. The van der Waals surface area contributed by atoms with Crippen LogP contribution < -0.4 is 5.32 Å². The Morgan fingerprint density at radius 1 is 1.18 bits per heavy atom. The van der Waals surface area contributed by atoms with E-state index in [2.05, 4.69) is 32.7 Å². The van der Waals surface area contributed by atoms with Gasteiger partial charge in [0.15, 0.2) is 0 Å². The van der Waals surface area contributed by atoms with Crippen molar-refractivity contribution >= 4 is 34.2 Å². The third kappa shape index (κ3) is 4.65. The van der Waals surface area contributed by atoms with Gasteiger partial charge in [-0.1, -0.05) is 30.3 Å². The zero-order valence-corrected chi connectivity index (χ0v) is 16.4. The highest BCUT2D eigenvalue weighted by molar-refractivity contribution is 7.10. The van der Waals surface area contributed by atoms with Crippen LogP contribution in [-0.4, -0.2) is 48.6 Å². The van der Waals surface area contributed by atoms with Gasteiger partial charge in [0.25, 0.3) is 0 Å². The number of pyridine rings is 1. The van der Waals surface area contributed by atoms with Crippen molar-refractivity contribution in [1.82, 2.24) is 15.2 Å². The van der Waals surface area contributed by atoms with Crippen LogP contribution in [0, 0.1) is 0 Å². The van der Waals surface area contributed by atoms with Gasteiger partial charge in [-0.25, -0.2) is 4.98 Å². The van der Waals surface area contributed by atoms with Crippen molar-refractivity contribution in [3.05, 3.63) is 70.6 Å². The predicted octanol–water partition coefficient (Wildman–Crippen LogP) is 3.50. The van der Waals surface area contributed by atoms with Gasteiger partial charge >= 0.3 is 0 Å². The minimum Gasteiger partial charge on any atom is -0.379 e. The van der Waals surface area contributed by atoms with E-state index in [0.29, 0.717) is 6.54 Å². The fourth-order valence-electron chi connectivity index (χ4n) is 3.37. The molecular weight excluding hydrogens is 370 g/mol. The molecule has 28 heavy (non-hydrogen) atoms. The minimum absolute atomic E-state index is 0.107. The van der Waals surface area contributed by atoms with Crippen molar-refractivity contribution < 1.29 is 9.53 Å². The number of fused-ring (bicyclic) bond motifs is 1. The molecule has 0 spiro atoms. The molecule has 0 saturated carbocycles. The van der Waals surface area contributed by atoms with Gasteiger partial charge in [0.05, 0.1) is 30.5 Å². The highest BCUT2D eigenvalue weighted by atomic mass is 32.1. The molecule has 1 N–H and O–H groups in total. The summed E-state index contributed by atoms with van der Waals surface area (Å²) in [6.07, 6.45) is 3.32. The van der Waals surface area contributed by atoms with Crippen LogP contribution in [0.15, 0.2) is 60.0 Å². The number of hydrogen-bond donors (Lipinski definition) is 1. The lowest BCUT2D eigenvalue weighted by Gasteiger charge is -2.34. The second-order valence-corrected chi connectivity index (χ2v) is 7.67. The van der Waals surface area contributed by atoms with E-state index in [1.165, 1.54) is 4.88 Å². The predicted molar refractivity (Wildman–Crippen MR) is 113 cm³/mol. The Labute approximate surface area is 168 Å². The van der Waals surface area contributed by atoms with Crippen molar-refractivity contribution in [3.63, 3.8) is 0 Å². The van der Waals surface area contributed by atoms with Gasteiger partial charge in [-0.3, -0.25) is 9.69 Å². The van der Waals surface area contributed by atoms with Crippen molar-refractivity contribution in [2.24, 2.45) is 0 Å². The molecule has 3 heterocycles. The number of amides is 1. The SMILES string of the molecule is O=C(C=Cc1ccc2ccccc2n1)NCC(c1cccs1)N1CCOCC1. The molecule has 6 heteroatoms. The zero-order chi connectivity index (χ0) is 19.2. The van der Waals surface area contributed by atoms with Gasteiger partial charge in [-0.05, 0) is 29.7 Å². The summed E-state index contributed by atoms with van der Waals surface area (Å²) in [5, 5.41) is 6.22. The number of benzene rings is 1. The molecule has 144 valence electrons. The van der Waals surface area contributed by atoms with Crippen LogP contribution in [0.25, 0.3) is 17.0 Å². The van der Waals surface area contributed by atoms with Crippen molar-refractivity contribution in [3.8, 4) is 0 Å². The van der Waals surface area contributed by atoms with Gasteiger partial charge < -0.3 is 10.1 Å². The number of rotatable bonds is 6. The van der Waals surface area contributed by atoms with Crippen LogP contribution in [-0.2, 0) is 9.53 Å². The second kappa shape index (κ2) is 9.10. The molecule has 3 aromatic rings. The van der Waals surface area contributed by atoms with Crippen LogP contribution >= 0.6 is 11.3 Å². The number of aromatic nitrogens is 1. The maximum atomic E-state index is 12.4. The molecule has 1 unspecified atom stereocenters. The summed E-state index contributed by atoms with van der Waals surface area (Å²) in [6, 6.07) is 16.3. The first-order valence-electron chi connectivity index (χ1n) is 9.46. The minimum atomic E-state index is -0.107. The molecule has 1 saturated heterocycles. The lowest BCUT2D eigenvalue weighted by atomic mass is 10.2. The lowest BCUT2D eigenvalue weighted by molar-refractivity contribution is -0.116. The lowest BCUT2D eigenvalue weighted by Crippen LogP contribution is -2.43. The second-order valence-electron chi connectivity index (χ2n) is 6.69. The van der Waals surface area contributed by atoms with Crippen LogP contribution in [0.4, 0.5) is 0 Å². The van der Waals surface area contributed by atoms with Crippen LogP contribution in [0.2, 0.25) is 0 Å². The maximum absolute atomic E-state index is 12.4. The average Bonchev–Trinajstić information content (AvgIpc) is 3.27. The number of thiophene rings is 1. The summed E-state index contributed by atoms with van der Waals surface area (Å²) in [5.41, 5.74) is 1.70. The quantitative estimate of drug-likeness (QED) is 0.652. The van der Waals surface area contributed by atoms with E-state index in [1.807, 2.05) is 36.4 Å². The number of nitrogens with one attached hydrogen (secondary N) is 1. The number of carbonyl (C=O) groups excluding carboxylic acids is 1. The summed E-state index contributed by atoms with van der Waals surface area (Å²) in [7, 11) is 0.